The van der Waals surface area contributed by atoms with Gasteiger partial charge in [0.05, 0.1) is 12.3 Å². The van der Waals surface area contributed by atoms with Crippen molar-refractivity contribution >= 4 is 0 Å². The molecular formula is C13H23N3O2. The minimum absolute atomic E-state index is 0.0777. The maximum absolute atomic E-state index is 5.39. The highest BCUT2D eigenvalue weighted by molar-refractivity contribution is 5.11. The maximum atomic E-state index is 5.39. The van der Waals surface area contributed by atoms with Crippen molar-refractivity contribution in [3.8, 4) is 5.88 Å². The minimum Gasteiger partial charge on any atom is -0.474 e. The van der Waals surface area contributed by atoms with Crippen LogP contribution in [-0.4, -0.2) is 35.6 Å². The summed E-state index contributed by atoms with van der Waals surface area (Å²) in [6.07, 6.45) is 0. The summed E-state index contributed by atoms with van der Waals surface area (Å²) < 4.78 is 10.6. The lowest BCUT2D eigenvalue weighted by molar-refractivity contribution is 0.108. The van der Waals surface area contributed by atoms with Gasteiger partial charge in [0.2, 0.25) is 5.88 Å². The van der Waals surface area contributed by atoms with Crippen LogP contribution in [-0.2, 0) is 11.3 Å². The van der Waals surface area contributed by atoms with Gasteiger partial charge in [-0.1, -0.05) is 0 Å². The van der Waals surface area contributed by atoms with Gasteiger partial charge in [-0.3, -0.25) is 0 Å². The highest BCUT2D eigenvalue weighted by atomic mass is 16.5. The smallest absolute Gasteiger partial charge is 0.233 e. The first-order chi connectivity index (χ1) is 8.51. The first-order valence-electron chi connectivity index (χ1n) is 6.29. The van der Waals surface area contributed by atoms with E-state index in [-0.39, 0.29) is 5.54 Å². The molecule has 1 heterocycles. The van der Waals surface area contributed by atoms with Crippen LogP contribution >= 0.6 is 0 Å². The molecule has 0 radical (unpaired) electrons. The van der Waals surface area contributed by atoms with Crippen molar-refractivity contribution in [3.05, 3.63) is 17.8 Å². The third-order valence-electron chi connectivity index (χ3n) is 2.18. The number of nitrogens with zero attached hydrogens (tertiary/aromatic N) is 2. The Morgan fingerprint density at radius 3 is 2.50 bits per heavy atom. The average molecular weight is 253 g/mol. The zero-order valence-electron chi connectivity index (χ0n) is 11.7. The predicted octanol–water partition coefficient (Wildman–Crippen LogP) is 1.78. The van der Waals surface area contributed by atoms with E-state index in [2.05, 4.69) is 36.3 Å². The Bertz CT molecular complexity index is 333. The Kier molecular flexibility index (Phi) is 6.01. The van der Waals surface area contributed by atoms with Crippen LogP contribution in [0, 0.1) is 0 Å². The maximum Gasteiger partial charge on any atom is 0.233 e. The van der Waals surface area contributed by atoms with Crippen molar-refractivity contribution < 1.29 is 9.47 Å². The fourth-order valence-corrected chi connectivity index (χ4v) is 1.22. The quantitative estimate of drug-likeness (QED) is 0.751. The van der Waals surface area contributed by atoms with Crippen molar-refractivity contribution in [1.82, 2.24) is 15.5 Å². The Hall–Kier alpha value is -1.20. The standard InChI is InChI=1S/C13H23N3O2/c1-5-17-8-9-18-12-7-6-11(15-16-12)10-14-13(2,3)4/h6-7,14H,5,8-10H2,1-4H3. The number of rotatable bonds is 7. The van der Waals surface area contributed by atoms with Crippen LogP contribution in [0.25, 0.3) is 0 Å². The topological polar surface area (TPSA) is 56.3 Å². The van der Waals surface area contributed by atoms with Gasteiger partial charge in [0.15, 0.2) is 0 Å². The number of hydrogen-bond donors (Lipinski definition) is 1. The Labute approximate surface area is 109 Å². The van der Waals surface area contributed by atoms with Gasteiger partial charge in [0.25, 0.3) is 0 Å². The molecule has 0 aliphatic rings. The Morgan fingerprint density at radius 1 is 1.17 bits per heavy atom. The molecule has 1 aromatic rings. The molecule has 0 unspecified atom stereocenters. The molecule has 0 amide bonds. The molecule has 1 N–H and O–H groups in total. The van der Waals surface area contributed by atoms with Crippen molar-refractivity contribution in [3.63, 3.8) is 0 Å². The molecule has 18 heavy (non-hydrogen) atoms. The molecule has 0 aromatic carbocycles. The van der Waals surface area contributed by atoms with Crippen LogP contribution in [0.3, 0.4) is 0 Å². The van der Waals surface area contributed by atoms with E-state index in [4.69, 9.17) is 9.47 Å². The van der Waals surface area contributed by atoms with Gasteiger partial charge < -0.3 is 14.8 Å². The van der Waals surface area contributed by atoms with Gasteiger partial charge in [0.1, 0.15) is 6.61 Å². The van der Waals surface area contributed by atoms with Gasteiger partial charge in [-0.25, -0.2) is 0 Å². The minimum atomic E-state index is 0.0777. The SMILES string of the molecule is CCOCCOc1ccc(CNC(C)(C)C)nn1. The first-order valence-corrected chi connectivity index (χ1v) is 6.29. The van der Waals surface area contributed by atoms with Crippen molar-refractivity contribution in [2.75, 3.05) is 19.8 Å². The lowest BCUT2D eigenvalue weighted by Crippen LogP contribution is -2.35. The summed E-state index contributed by atoms with van der Waals surface area (Å²) in [7, 11) is 0. The number of ether oxygens (including phenoxy) is 2. The molecule has 0 spiro atoms. The molecule has 1 rings (SSSR count). The molecule has 102 valence electrons. The van der Waals surface area contributed by atoms with E-state index in [0.717, 1.165) is 5.69 Å². The average Bonchev–Trinajstić information content (AvgIpc) is 2.33. The zero-order valence-corrected chi connectivity index (χ0v) is 11.7. The van der Waals surface area contributed by atoms with Crippen LogP contribution in [0.2, 0.25) is 0 Å². The monoisotopic (exact) mass is 253 g/mol. The first kappa shape index (κ1) is 14.9. The van der Waals surface area contributed by atoms with E-state index in [1.165, 1.54) is 0 Å². The molecule has 0 bridgehead atoms. The third kappa shape index (κ3) is 6.51. The van der Waals surface area contributed by atoms with Gasteiger partial charge in [-0.15, -0.1) is 5.10 Å². The van der Waals surface area contributed by atoms with Gasteiger partial charge in [-0.2, -0.15) is 5.10 Å². The van der Waals surface area contributed by atoms with Crippen LogP contribution < -0.4 is 10.1 Å². The second kappa shape index (κ2) is 7.28. The van der Waals surface area contributed by atoms with Gasteiger partial charge >= 0.3 is 0 Å². The van der Waals surface area contributed by atoms with E-state index in [9.17, 15) is 0 Å². The summed E-state index contributed by atoms with van der Waals surface area (Å²) in [5.41, 5.74) is 0.982. The van der Waals surface area contributed by atoms with Crippen molar-refractivity contribution in [1.29, 1.82) is 0 Å². The molecule has 0 saturated heterocycles. The van der Waals surface area contributed by atoms with E-state index < -0.39 is 0 Å². The van der Waals surface area contributed by atoms with E-state index >= 15 is 0 Å². The molecule has 5 nitrogen and oxygen atoms in total. The van der Waals surface area contributed by atoms with Crippen LogP contribution in [0.1, 0.15) is 33.4 Å². The lowest BCUT2D eigenvalue weighted by Gasteiger charge is -2.19. The number of aromatic nitrogens is 2. The zero-order chi connectivity index (χ0) is 13.4. The van der Waals surface area contributed by atoms with Crippen LogP contribution in [0.5, 0.6) is 5.88 Å². The van der Waals surface area contributed by atoms with Crippen molar-refractivity contribution in [2.24, 2.45) is 0 Å². The van der Waals surface area contributed by atoms with Gasteiger partial charge in [-0.05, 0) is 33.8 Å². The normalized spacial score (nSPS) is 11.6. The summed E-state index contributed by atoms with van der Waals surface area (Å²) in [5, 5.41) is 11.5. The lowest BCUT2D eigenvalue weighted by atomic mass is 10.1. The molecule has 1 aromatic heterocycles. The van der Waals surface area contributed by atoms with Gasteiger partial charge in [0, 0.05) is 24.8 Å². The Morgan fingerprint density at radius 2 is 1.94 bits per heavy atom. The molecule has 0 aliphatic carbocycles. The third-order valence-corrected chi connectivity index (χ3v) is 2.18. The molecule has 0 atom stereocenters. The molecule has 5 heteroatoms. The molecule has 0 aliphatic heterocycles. The van der Waals surface area contributed by atoms with E-state index in [1.807, 2.05) is 19.1 Å². The Balaban J connectivity index is 2.33. The summed E-state index contributed by atoms with van der Waals surface area (Å²) in [6.45, 7) is 10.8. The summed E-state index contributed by atoms with van der Waals surface area (Å²) in [5.74, 6) is 0.536. The molecule has 0 saturated carbocycles. The summed E-state index contributed by atoms with van der Waals surface area (Å²) in [4.78, 5) is 0. The fraction of sp³-hybridized carbons (Fsp3) is 0.692. The number of nitrogens with one attached hydrogen (secondary N) is 1. The van der Waals surface area contributed by atoms with Crippen molar-refractivity contribution in [2.45, 2.75) is 39.8 Å². The second-order valence-corrected chi connectivity index (χ2v) is 5.01. The summed E-state index contributed by atoms with van der Waals surface area (Å²) in [6, 6.07) is 3.75. The predicted molar refractivity (Wildman–Crippen MR) is 70.6 cm³/mol. The molecule has 0 fully saturated rings. The summed E-state index contributed by atoms with van der Waals surface area (Å²) >= 11 is 0. The second-order valence-electron chi connectivity index (χ2n) is 5.01. The van der Waals surface area contributed by atoms with Crippen LogP contribution in [0.15, 0.2) is 12.1 Å². The highest BCUT2D eigenvalue weighted by Crippen LogP contribution is 2.06. The van der Waals surface area contributed by atoms with Crippen LogP contribution in [0.4, 0.5) is 0 Å². The highest BCUT2D eigenvalue weighted by Gasteiger charge is 2.09. The van der Waals surface area contributed by atoms with E-state index in [0.29, 0.717) is 32.2 Å². The molecular weight excluding hydrogens is 230 g/mol. The van der Waals surface area contributed by atoms with E-state index in [1.54, 1.807) is 0 Å². The largest absolute Gasteiger partial charge is 0.474 e. The number of hydrogen-bond acceptors (Lipinski definition) is 5. The fourth-order valence-electron chi connectivity index (χ4n) is 1.22.